The number of nitrogens with zero attached hydrogens (tertiary/aromatic N) is 1. The van der Waals surface area contributed by atoms with Gasteiger partial charge in [0, 0.05) is 25.7 Å². The van der Waals surface area contributed by atoms with Crippen molar-refractivity contribution in [2.45, 2.75) is 65.5 Å². The summed E-state index contributed by atoms with van der Waals surface area (Å²) in [6, 6.07) is 0.554. The summed E-state index contributed by atoms with van der Waals surface area (Å²) in [7, 11) is 2.14. The lowest BCUT2D eigenvalue weighted by Gasteiger charge is -2.43. The Morgan fingerprint density at radius 3 is 2.32 bits per heavy atom. The molecule has 1 saturated carbocycles. The normalized spacial score (nSPS) is 30.0. The van der Waals surface area contributed by atoms with Crippen LogP contribution in [-0.2, 0) is 0 Å². The Morgan fingerprint density at radius 2 is 1.84 bits per heavy atom. The first-order chi connectivity index (χ1) is 8.83. The monoisotopic (exact) mass is 270 g/mol. The van der Waals surface area contributed by atoms with Gasteiger partial charge in [-0.2, -0.15) is 0 Å². The molecule has 1 atom stereocenters. The molecule has 0 spiro atoms. The van der Waals surface area contributed by atoms with Crippen LogP contribution in [0.2, 0.25) is 0 Å². The fourth-order valence-electron chi connectivity index (χ4n) is 3.27. The summed E-state index contributed by atoms with van der Waals surface area (Å²) in [6.45, 7) is 11.7. The second-order valence-electron chi connectivity index (χ2n) is 7.26. The Hall–Kier alpha value is -0.120. The number of hydrogen-bond acceptors (Lipinski definition) is 3. The number of aliphatic hydroxyl groups is 1. The van der Waals surface area contributed by atoms with Crippen LogP contribution in [0.15, 0.2) is 0 Å². The molecule has 19 heavy (non-hydrogen) atoms. The maximum Gasteiger partial charge on any atom is 0.0638 e. The molecule has 1 fully saturated rings. The van der Waals surface area contributed by atoms with Gasteiger partial charge in [-0.1, -0.05) is 33.6 Å². The van der Waals surface area contributed by atoms with E-state index in [1.807, 2.05) is 6.92 Å². The molecule has 0 radical (unpaired) electrons. The molecule has 1 aliphatic carbocycles. The predicted molar refractivity (Wildman–Crippen MR) is 82.4 cm³/mol. The first-order valence-corrected chi connectivity index (χ1v) is 7.93. The van der Waals surface area contributed by atoms with Gasteiger partial charge in [-0.05, 0) is 38.1 Å². The van der Waals surface area contributed by atoms with E-state index in [0.717, 1.165) is 25.6 Å². The lowest BCUT2D eigenvalue weighted by atomic mass is 9.70. The molecule has 1 rings (SSSR count). The molecule has 0 amide bonds. The van der Waals surface area contributed by atoms with E-state index in [1.54, 1.807) is 0 Å². The van der Waals surface area contributed by atoms with Crippen molar-refractivity contribution in [2.24, 2.45) is 11.3 Å². The molecule has 0 bridgehead atoms. The highest BCUT2D eigenvalue weighted by molar-refractivity contribution is 4.89. The Bertz CT molecular complexity index is 245. The van der Waals surface area contributed by atoms with Crippen molar-refractivity contribution in [3.05, 3.63) is 0 Å². The maximum atomic E-state index is 9.54. The van der Waals surface area contributed by atoms with Crippen molar-refractivity contribution in [3.63, 3.8) is 0 Å². The van der Waals surface area contributed by atoms with Crippen molar-refractivity contribution in [1.29, 1.82) is 0 Å². The van der Waals surface area contributed by atoms with Crippen LogP contribution in [0.4, 0.5) is 0 Å². The summed E-state index contributed by atoms with van der Waals surface area (Å²) in [6.07, 6.45) is 5.10. The summed E-state index contributed by atoms with van der Waals surface area (Å²) < 4.78 is 0. The number of hydrogen-bond donors (Lipinski definition) is 2. The zero-order valence-corrected chi connectivity index (χ0v) is 13.6. The standard InChI is InChI=1S/C16H34N2O/c1-13(2)17-11-16(8-6-14(3)7-9-16)12-18(5)10-15(4)19/h13-15,17,19H,6-12H2,1-5H3. The van der Waals surface area contributed by atoms with Crippen LogP contribution in [0.5, 0.6) is 0 Å². The van der Waals surface area contributed by atoms with Crippen LogP contribution in [0.25, 0.3) is 0 Å². The van der Waals surface area contributed by atoms with Gasteiger partial charge in [-0.15, -0.1) is 0 Å². The van der Waals surface area contributed by atoms with Crippen LogP contribution < -0.4 is 5.32 Å². The largest absolute Gasteiger partial charge is 0.392 e. The molecule has 2 N–H and O–H groups in total. The third-order valence-electron chi connectivity index (χ3n) is 4.40. The Morgan fingerprint density at radius 1 is 1.26 bits per heavy atom. The van der Waals surface area contributed by atoms with Gasteiger partial charge in [0.05, 0.1) is 6.10 Å². The van der Waals surface area contributed by atoms with Crippen LogP contribution >= 0.6 is 0 Å². The molecule has 0 aromatic carbocycles. The lowest BCUT2D eigenvalue weighted by Crippen LogP contribution is -2.47. The quantitative estimate of drug-likeness (QED) is 0.746. The second-order valence-corrected chi connectivity index (χ2v) is 7.26. The molecule has 114 valence electrons. The van der Waals surface area contributed by atoms with Crippen molar-refractivity contribution >= 4 is 0 Å². The van der Waals surface area contributed by atoms with Crippen molar-refractivity contribution in [1.82, 2.24) is 10.2 Å². The van der Waals surface area contributed by atoms with Gasteiger partial charge in [0.1, 0.15) is 0 Å². The molecule has 3 nitrogen and oxygen atoms in total. The van der Waals surface area contributed by atoms with E-state index in [4.69, 9.17) is 0 Å². The number of likely N-dealkylation sites (N-methyl/N-ethyl adjacent to an activating group) is 1. The highest BCUT2D eigenvalue weighted by Gasteiger charge is 2.35. The Labute approximate surface area is 119 Å². The molecule has 0 aromatic rings. The summed E-state index contributed by atoms with van der Waals surface area (Å²) in [4.78, 5) is 2.31. The summed E-state index contributed by atoms with van der Waals surface area (Å²) in [5.74, 6) is 0.884. The predicted octanol–water partition coefficient (Wildman–Crippen LogP) is 2.49. The lowest BCUT2D eigenvalue weighted by molar-refractivity contribution is 0.0698. The van der Waals surface area contributed by atoms with Crippen LogP contribution in [0.1, 0.15) is 53.4 Å². The first kappa shape index (κ1) is 16.9. The van der Waals surface area contributed by atoms with E-state index in [2.05, 4.69) is 38.0 Å². The van der Waals surface area contributed by atoms with Gasteiger partial charge >= 0.3 is 0 Å². The van der Waals surface area contributed by atoms with E-state index >= 15 is 0 Å². The minimum atomic E-state index is -0.234. The molecule has 3 heteroatoms. The molecular weight excluding hydrogens is 236 g/mol. The van der Waals surface area contributed by atoms with Crippen LogP contribution in [-0.4, -0.2) is 48.8 Å². The zero-order valence-electron chi connectivity index (χ0n) is 13.6. The smallest absolute Gasteiger partial charge is 0.0638 e. The van der Waals surface area contributed by atoms with E-state index < -0.39 is 0 Å². The van der Waals surface area contributed by atoms with E-state index in [1.165, 1.54) is 25.7 Å². The van der Waals surface area contributed by atoms with Gasteiger partial charge in [0.2, 0.25) is 0 Å². The topological polar surface area (TPSA) is 35.5 Å². The van der Waals surface area contributed by atoms with Crippen molar-refractivity contribution in [2.75, 3.05) is 26.7 Å². The third-order valence-corrected chi connectivity index (χ3v) is 4.40. The molecule has 1 aliphatic rings. The molecule has 0 heterocycles. The number of nitrogens with one attached hydrogen (secondary N) is 1. The fraction of sp³-hybridized carbons (Fsp3) is 1.00. The van der Waals surface area contributed by atoms with E-state index in [9.17, 15) is 5.11 Å². The number of rotatable bonds is 7. The highest BCUT2D eigenvalue weighted by Crippen LogP contribution is 2.39. The maximum absolute atomic E-state index is 9.54. The van der Waals surface area contributed by atoms with Gasteiger partial charge in [0.15, 0.2) is 0 Å². The van der Waals surface area contributed by atoms with E-state index in [0.29, 0.717) is 11.5 Å². The average Bonchev–Trinajstić information content (AvgIpc) is 2.29. The number of aliphatic hydroxyl groups excluding tert-OH is 1. The van der Waals surface area contributed by atoms with E-state index in [-0.39, 0.29) is 6.10 Å². The van der Waals surface area contributed by atoms with Crippen LogP contribution in [0, 0.1) is 11.3 Å². The Balaban J connectivity index is 2.58. The van der Waals surface area contributed by atoms with Gasteiger partial charge < -0.3 is 15.3 Å². The second kappa shape index (κ2) is 7.61. The third kappa shape index (κ3) is 6.24. The SMILES string of the molecule is CC(O)CN(C)CC1(CNC(C)C)CCC(C)CC1. The van der Waals surface area contributed by atoms with Gasteiger partial charge in [-0.25, -0.2) is 0 Å². The zero-order chi connectivity index (χ0) is 14.5. The minimum absolute atomic E-state index is 0.234. The van der Waals surface area contributed by atoms with Gasteiger partial charge in [-0.3, -0.25) is 0 Å². The van der Waals surface area contributed by atoms with Crippen LogP contribution in [0.3, 0.4) is 0 Å². The minimum Gasteiger partial charge on any atom is -0.392 e. The molecule has 1 unspecified atom stereocenters. The molecule has 0 aromatic heterocycles. The summed E-state index contributed by atoms with van der Waals surface area (Å²) in [5, 5.41) is 13.2. The summed E-state index contributed by atoms with van der Waals surface area (Å²) >= 11 is 0. The summed E-state index contributed by atoms with van der Waals surface area (Å²) in [5.41, 5.74) is 0.403. The highest BCUT2D eigenvalue weighted by atomic mass is 16.3. The Kier molecular flexibility index (Phi) is 6.78. The first-order valence-electron chi connectivity index (χ1n) is 7.93. The molecule has 0 aliphatic heterocycles. The molecule has 0 saturated heterocycles. The van der Waals surface area contributed by atoms with Gasteiger partial charge in [0.25, 0.3) is 0 Å². The van der Waals surface area contributed by atoms with Crippen molar-refractivity contribution in [3.8, 4) is 0 Å². The average molecular weight is 270 g/mol. The van der Waals surface area contributed by atoms with Crippen molar-refractivity contribution < 1.29 is 5.11 Å². The molecular formula is C16H34N2O. The fourth-order valence-corrected chi connectivity index (χ4v) is 3.27.